The van der Waals surface area contributed by atoms with Gasteiger partial charge in [-0.3, -0.25) is 0 Å². The van der Waals surface area contributed by atoms with Gasteiger partial charge in [-0.25, -0.2) is 8.42 Å². The molecule has 0 spiro atoms. The van der Waals surface area contributed by atoms with E-state index in [1.165, 1.54) is 6.20 Å². The van der Waals surface area contributed by atoms with Crippen LogP contribution < -0.4 is 4.90 Å². The van der Waals surface area contributed by atoms with Crippen molar-refractivity contribution >= 4 is 27.1 Å². The first-order valence-corrected chi connectivity index (χ1v) is 10.9. The number of allylic oxidation sites excluding steroid dienone is 1. The van der Waals surface area contributed by atoms with Crippen LogP contribution in [-0.4, -0.2) is 39.5 Å². The number of benzene rings is 2. The van der Waals surface area contributed by atoms with E-state index in [0.29, 0.717) is 18.1 Å². The zero-order chi connectivity index (χ0) is 20.3. The van der Waals surface area contributed by atoms with Gasteiger partial charge in [0, 0.05) is 43.1 Å². The van der Waals surface area contributed by atoms with Crippen molar-refractivity contribution in [2.45, 2.75) is 18.7 Å². The minimum absolute atomic E-state index is 0.154. The minimum atomic E-state index is -3.83. The van der Waals surface area contributed by atoms with E-state index in [9.17, 15) is 13.7 Å². The molecule has 1 aliphatic rings. The molecule has 0 unspecified atom stereocenters. The van der Waals surface area contributed by atoms with Crippen LogP contribution in [0.1, 0.15) is 11.1 Å². The molecule has 0 aliphatic carbocycles. The van der Waals surface area contributed by atoms with Crippen molar-refractivity contribution in [3.63, 3.8) is 0 Å². The molecule has 2 aromatic carbocycles. The van der Waals surface area contributed by atoms with Crippen LogP contribution in [-0.2, 0) is 9.84 Å². The van der Waals surface area contributed by atoms with Crippen molar-refractivity contribution in [3.8, 4) is 6.07 Å². The van der Waals surface area contributed by atoms with Gasteiger partial charge in [-0.1, -0.05) is 23.7 Å². The highest BCUT2D eigenvalue weighted by Gasteiger charge is 2.24. The molecule has 0 radical (unpaired) electrons. The molecule has 0 aromatic heterocycles. The number of halogens is 1. The van der Waals surface area contributed by atoms with E-state index in [2.05, 4.69) is 4.90 Å². The summed E-state index contributed by atoms with van der Waals surface area (Å²) < 4.78 is 25.8. The first-order valence-electron chi connectivity index (χ1n) is 9.00. The van der Waals surface area contributed by atoms with E-state index in [4.69, 9.17) is 11.6 Å². The van der Waals surface area contributed by atoms with Crippen LogP contribution >= 0.6 is 11.6 Å². The molecule has 1 saturated heterocycles. The van der Waals surface area contributed by atoms with E-state index >= 15 is 0 Å². The number of nitriles is 1. The minimum Gasteiger partial charge on any atom is -0.372 e. The predicted molar refractivity (Wildman–Crippen MR) is 112 cm³/mol. The highest BCUT2D eigenvalue weighted by atomic mass is 35.5. The SMILES string of the molecule is Cc1ccc(S(=O)(=O)/C(C#N)=C/N2CCN(c3cccc(Cl)c3)CC2)cc1C. The van der Waals surface area contributed by atoms with Gasteiger partial charge in [-0.15, -0.1) is 0 Å². The third kappa shape index (κ3) is 4.32. The zero-order valence-electron chi connectivity index (χ0n) is 15.9. The Morgan fingerprint density at radius 2 is 1.79 bits per heavy atom. The summed E-state index contributed by atoms with van der Waals surface area (Å²) in [7, 11) is -3.83. The number of nitrogens with zero attached hydrogens (tertiary/aromatic N) is 3. The standard InChI is InChI=1S/C21H22ClN3O2S/c1-16-6-7-20(12-17(16)2)28(26,27)21(14-23)15-24-8-10-25(11-9-24)19-5-3-4-18(22)13-19/h3-7,12-13,15H,8-11H2,1-2H3/b21-15+. The quantitative estimate of drug-likeness (QED) is 0.708. The summed E-state index contributed by atoms with van der Waals surface area (Å²) in [6.07, 6.45) is 1.47. The molecule has 2 aromatic rings. The summed E-state index contributed by atoms with van der Waals surface area (Å²) in [6.45, 7) is 6.48. The lowest BCUT2D eigenvalue weighted by atomic mass is 10.1. The van der Waals surface area contributed by atoms with Crippen molar-refractivity contribution in [1.29, 1.82) is 5.26 Å². The number of rotatable bonds is 4. The second-order valence-corrected chi connectivity index (χ2v) is 9.21. The maximum absolute atomic E-state index is 12.9. The van der Waals surface area contributed by atoms with Crippen LogP contribution in [0.3, 0.4) is 0 Å². The highest BCUT2D eigenvalue weighted by molar-refractivity contribution is 7.95. The average molecular weight is 416 g/mol. The molecular formula is C21H22ClN3O2S. The summed E-state index contributed by atoms with van der Waals surface area (Å²) in [4.78, 5) is 4.01. The number of hydrogen-bond donors (Lipinski definition) is 0. The van der Waals surface area contributed by atoms with Crippen LogP contribution in [0.2, 0.25) is 5.02 Å². The van der Waals surface area contributed by atoms with Gasteiger partial charge < -0.3 is 9.80 Å². The largest absolute Gasteiger partial charge is 0.372 e. The van der Waals surface area contributed by atoms with Crippen molar-refractivity contribution in [2.75, 3.05) is 31.1 Å². The number of aryl methyl sites for hydroxylation is 2. The molecule has 0 atom stereocenters. The van der Waals surface area contributed by atoms with E-state index < -0.39 is 9.84 Å². The topological polar surface area (TPSA) is 64.4 Å². The van der Waals surface area contributed by atoms with E-state index in [1.54, 1.807) is 18.2 Å². The Kier molecular flexibility index (Phi) is 5.97. The highest BCUT2D eigenvalue weighted by Crippen LogP contribution is 2.24. The molecule has 5 nitrogen and oxygen atoms in total. The van der Waals surface area contributed by atoms with Crippen molar-refractivity contribution < 1.29 is 8.42 Å². The van der Waals surface area contributed by atoms with Crippen molar-refractivity contribution in [1.82, 2.24) is 4.90 Å². The zero-order valence-corrected chi connectivity index (χ0v) is 17.5. The Hall–Kier alpha value is -2.49. The molecule has 1 heterocycles. The predicted octanol–water partition coefficient (Wildman–Crippen LogP) is 3.92. The fourth-order valence-corrected chi connectivity index (χ4v) is 4.54. The van der Waals surface area contributed by atoms with Crippen LogP contribution in [0.5, 0.6) is 0 Å². The number of anilines is 1. The van der Waals surface area contributed by atoms with Gasteiger partial charge in [0.2, 0.25) is 9.84 Å². The van der Waals surface area contributed by atoms with Crippen LogP contribution in [0.4, 0.5) is 5.69 Å². The summed E-state index contributed by atoms with van der Waals surface area (Å²) >= 11 is 6.06. The molecule has 28 heavy (non-hydrogen) atoms. The van der Waals surface area contributed by atoms with Gasteiger partial charge in [-0.2, -0.15) is 5.26 Å². The van der Waals surface area contributed by atoms with Crippen LogP contribution in [0, 0.1) is 25.2 Å². The third-order valence-corrected chi connectivity index (χ3v) is 6.86. The lowest BCUT2D eigenvalue weighted by Crippen LogP contribution is -2.44. The number of piperazine rings is 1. The normalized spacial score (nSPS) is 15.4. The Balaban J connectivity index is 1.76. The molecule has 146 valence electrons. The second-order valence-electron chi connectivity index (χ2n) is 6.86. The molecule has 1 fully saturated rings. The Bertz CT molecular complexity index is 1050. The van der Waals surface area contributed by atoms with Gasteiger partial charge in [-0.05, 0) is 55.3 Å². The Morgan fingerprint density at radius 3 is 2.39 bits per heavy atom. The maximum Gasteiger partial charge on any atom is 0.218 e. The van der Waals surface area contributed by atoms with Crippen LogP contribution in [0.25, 0.3) is 0 Å². The molecule has 1 aliphatic heterocycles. The summed E-state index contributed by atoms with van der Waals surface area (Å²) in [5.41, 5.74) is 2.94. The lowest BCUT2D eigenvalue weighted by molar-refractivity contribution is 0.348. The summed E-state index contributed by atoms with van der Waals surface area (Å²) in [5, 5.41) is 10.2. The molecule has 0 bridgehead atoms. The van der Waals surface area contributed by atoms with Crippen molar-refractivity contribution in [3.05, 3.63) is 69.7 Å². The average Bonchev–Trinajstić information content (AvgIpc) is 2.68. The Morgan fingerprint density at radius 1 is 1.07 bits per heavy atom. The first kappa shape index (κ1) is 20.2. The van der Waals surface area contributed by atoms with Gasteiger partial charge in [0.25, 0.3) is 0 Å². The molecule has 0 saturated carbocycles. The van der Waals surface area contributed by atoms with Crippen molar-refractivity contribution in [2.24, 2.45) is 0 Å². The Labute approximate surface area is 171 Å². The number of sulfone groups is 1. The van der Waals surface area contributed by atoms with Gasteiger partial charge >= 0.3 is 0 Å². The maximum atomic E-state index is 12.9. The molecule has 7 heteroatoms. The molecular weight excluding hydrogens is 394 g/mol. The fraction of sp³-hybridized carbons (Fsp3) is 0.286. The summed E-state index contributed by atoms with van der Waals surface area (Å²) in [5.74, 6) is 0. The van der Waals surface area contributed by atoms with Gasteiger partial charge in [0.15, 0.2) is 4.91 Å². The number of hydrogen-bond acceptors (Lipinski definition) is 5. The van der Waals surface area contributed by atoms with E-state index in [1.807, 2.05) is 49.1 Å². The van der Waals surface area contributed by atoms with Gasteiger partial charge in [0.1, 0.15) is 6.07 Å². The van der Waals surface area contributed by atoms with E-state index in [0.717, 1.165) is 29.9 Å². The monoisotopic (exact) mass is 415 g/mol. The smallest absolute Gasteiger partial charge is 0.218 e. The second kappa shape index (κ2) is 8.26. The molecule has 3 rings (SSSR count). The molecule has 0 amide bonds. The first-order chi connectivity index (χ1) is 13.3. The van der Waals surface area contributed by atoms with E-state index in [-0.39, 0.29) is 9.80 Å². The van der Waals surface area contributed by atoms with Gasteiger partial charge in [0.05, 0.1) is 4.90 Å². The van der Waals surface area contributed by atoms with Crippen LogP contribution in [0.15, 0.2) is 58.5 Å². The summed E-state index contributed by atoms with van der Waals surface area (Å²) in [6, 6.07) is 14.5. The fourth-order valence-electron chi connectivity index (χ4n) is 3.11. The lowest BCUT2D eigenvalue weighted by Gasteiger charge is -2.35. The third-order valence-electron chi connectivity index (χ3n) is 4.98. The molecule has 0 N–H and O–H groups in total.